The van der Waals surface area contributed by atoms with Gasteiger partial charge in [0.2, 0.25) is 0 Å². The van der Waals surface area contributed by atoms with Crippen molar-refractivity contribution in [2.75, 3.05) is 14.2 Å². The smallest absolute Gasteiger partial charge is 0.333 e. The van der Waals surface area contributed by atoms with Crippen molar-refractivity contribution in [3.63, 3.8) is 0 Å². The summed E-state index contributed by atoms with van der Waals surface area (Å²) in [5, 5.41) is 0. The Morgan fingerprint density at radius 3 is 2.30 bits per heavy atom. The molecule has 0 saturated heterocycles. The van der Waals surface area contributed by atoms with Crippen LogP contribution >= 0.6 is 0 Å². The minimum absolute atomic E-state index is 0.376. The van der Waals surface area contributed by atoms with Gasteiger partial charge >= 0.3 is 5.97 Å². The molecule has 0 aromatic heterocycles. The number of allylic oxidation sites excluding steroid dienone is 1. The average molecular weight is 144 g/mol. The second-order valence-corrected chi connectivity index (χ2v) is 1.69. The van der Waals surface area contributed by atoms with Crippen molar-refractivity contribution in [2.24, 2.45) is 0 Å². The van der Waals surface area contributed by atoms with E-state index in [0.717, 1.165) is 0 Å². The van der Waals surface area contributed by atoms with Crippen LogP contribution in [0.1, 0.15) is 13.3 Å². The number of carbonyl (C=O) groups is 1. The Morgan fingerprint density at radius 1 is 1.40 bits per heavy atom. The van der Waals surface area contributed by atoms with E-state index in [1.54, 1.807) is 0 Å². The van der Waals surface area contributed by atoms with Gasteiger partial charge in [-0.2, -0.15) is 0 Å². The van der Waals surface area contributed by atoms with Gasteiger partial charge in [0, 0.05) is 6.42 Å². The maximum Gasteiger partial charge on any atom is 0.333 e. The third-order valence-corrected chi connectivity index (χ3v) is 1.09. The molecule has 0 amide bonds. The van der Waals surface area contributed by atoms with Gasteiger partial charge in [0.05, 0.1) is 20.3 Å². The molecule has 0 aromatic rings. The number of esters is 1. The van der Waals surface area contributed by atoms with E-state index in [9.17, 15) is 4.79 Å². The maximum absolute atomic E-state index is 10.6. The summed E-state index contributed by atoms with van der Waals surface area (Å²) in [5.41, 5.74) is 0. The fraction of sp³-hybridized carbons (Fsp3) is 0.571. The van der Waals surface area contributed by atoms with Crippen LogP contribution in [0.25, 0.3) is 0 Å². The second-order valence-electron chi connectivity index (χ2n) is 1.69. The van der Waals surface area contributed by atoms with E-state index in [0.29, 0.717) is 12.2 Å². The largest absolute Gasteiger partial charge is 0.501 e. The molecule has 3 nitrogen and oxygen atoms in total. The van der Waals surface area contributed by atoms with Crippen molar-refractivity contribution >= 4 is 5.97 Å². The van der Waals surface area contributed by atoms with E-state index in [-0.39, 0.29) is 5.97 Å². The Bertz CT molecular complexity index is 132. The first-order valence-electron chi connectivity index (χ1n) is 3.07. The Labute approximate surface area is 60.6 Å². The quantitative estimate of drug-likeness (QED) is 0.338. The lowest BCUT2D eigenvalue weighted by Gasteiger charge is -2.00. The first-order chi connectivity index (χ1) is 4.74. The lowest BCUT2D eigenvalue weighted by atomic mass is 10.3. The predicted molar refractivity (Wildman–Crippen MR) is 37.4 cm³/mol. The van der Waals surface area contributed by atoms with E-state index in [1.807, 2.05) is 6.92 Å². The van der Waals surface area contributed by atoms with E-state index in [2.05, 4.69) is 4.74 Å². The third-order valence-electron chi connectivity index (χ3n) is 1.09. The van der Waals surface area contributed by atoms with Crippen LogP contribution in [0, 0.1) is 0 Å². The molecule has 0 aromatic carbocycles. The van der Waals surface area contributed by atoms with Gasteiger partial charge in [0.15, 0.2) is 0 Å². The van der Waals surface area contributed by atoms with Crippen LogP contribution in [0.2, 0.25) is 0 Å². The fourth-order valence-electron chi connectivity index (χ4n) is 0.496. The van der Waals surface area contributed by atoms with Gasteiger partial charge in [-0.25, -0.2) is 4.79 Å². The van der Waals surface area contributed by atoms with Gasteiger partial charge in [0.25, 0.3) is 0 Å². The normalized spacial score (nSPS) is 10.9. The highest BCUT2D eigenvalue weighted by Crippen LogP contribution is 1.99. The average Bonchev–Trinajstić information content (AvgIpc) is 1.99. The molecule has 10 heavy (non-hydrogen) atoms. The molecule has 0 atom stereocenters. The number of methoxy groups -OCH3 is 2. The highest BCUT2D eigenvalue weighted by molar-refractivity contribution is 5.82. The molecular weight excluding hydrogens is 132 g/mol. The molecule has 0 radical (unpaired) electrons. The topological polar surface area (TPSA) is 35.5 Å². The molecule has 0 saturated carbocycles. The highest BCUT2D eigenvalue weighted by atomic mass is 16.5. The summed E-state index contributed by atoms with van der Waals surface area (Å²) in [7, 11) is 2.86. The Morgan fingerprint density at radius 2 is 2.00 bits per heavy atom. The summed E-state index contributed by atoms with van der Waals surface area (Å²) in [6, 6.07) is 0. The Balaban J connectivity index is 3.96. The molecule has 0 fully saturated rings. The van der Waals surface area contributed by atoms with Crippen LogP contribution in [0.15, 0.2) is 11.8 Å². The van der Waals surface area contributed by atoms with Crippen LogP contribution in [-0.4, -0.2) is 20.2 Å². The molecular formula is C7H12O3. The third kappa shape index (κ3) is 3.12. The molecule has 3 heteroatoms. The minimum Gasteiger partial charge on any atom is -0.501 e. The van der Waals surface area contributed by atoms with Crippen molar-refractivity contribution < 1.29 is 14.3 Å². The number of rotatable bonds is 3. The van der Waals surface area contributed by atoms with Crippen molar-refractivity contribution in [3.05, 3.63) is 11.8 Å². The van der Waals surface area contributed by atoms with Gasteiger partial charge in [0.1, 0.15) is 5.76 Å². The zero-order valence-corrected chi connectivity index (χ0v) is 6.51. The lowest BCUT2D eigenvalue weighted by molar-refractivity contribution is -0.135. The maximum atomic E-state index is 10.6. The highest BCUT2D eigenvalue weighted by Gasteiger charge is 1.97. The molecule has 0 rings (SSSR count). The Kier molecular flexibility index (Phi) is 4.37. The molecule has 0 spiro atoms. The summed E-state index contributed by atoms with van der Waals surface area (Å²) in [5.74, 6) is 0.255. The Hall–Kier alpha value is -0.990. The second kappa shape index (κ2) is 4.85. The molecule has 0 N–H and O–H groups in total. The number of carbonyl (C=O) groups excluding carboxylic acids is 1. The van der Waals surface area contributed by atoms with Gasteiger partial charge in [-0.15, -0.1) is 0 Å². The first-order valence-corrected chi connectivity index (χ1v) is 3.07. The van der Waals surface area contributed by atoms with Crippen LogP contribution in [0.4, 0.5) is 0 Å². The monoisotopic (exact) mass is 144 g/mol. The predicted octanol–water partition coefficient (Wildman–Crippen LogP) is 1.10. The zero-order valence-electron chi connectivity index (χ0n) is 6.51. The van der Waals surface area contributed by atoms with Crippen molar-refractivity contribution in [3.8, 4) is 0 Å². The van der Waals surface area contributed by atoms with Crippen LogP contribution < -0.4 is 0 Å². The van der Waals surface area contributed by atoms with Gasteiger partial charge in [-0.05, 0) is 0 Å². The fourth-order valence-corrected chi connectivity index (χ4v) is 0.496. The van der Waals surface area contributed by atoms with E-state index in [4.69, 9.17) is 4.74 Å². The van der Waals surface area contributed by atoms with E-state index >= 15 is 0 Å². The van der Waals surface area contributed by atoms with Gasteiger partial charge in [-0.1, -0.05) is 6.92 Å². The summed E-state index contributed by atoms with van der Waals surface area (Å²) in [6.45, 7) is 1.90. The van der Waals surface area contributed by atoms with Crippen LogP contribution in [0.3, 0.4) is 0 Å². The van der Waals surface area contributed by atoms with Crippen molar-refractivity contribution in [1.82, 2.24) is 0 Å². The van der Waals surface area contributed by atoms with E-state index < -0.39 is 0 Å². The molecule has 0 aliphatic rings. The lowest BCUT2D eigenvalue weighted by Crippen LogP contribution is -1.97. The summed E-state index contributed by atoms with van der Waals surface area (Å²) < 4.78 is 9.22. The summed E-state index contributed by atoms with van der Waals surface area (Å²) >= 11 is 0. The molecule has 58 valence electrons. The van der Waals surface area contributed by atoms with E-state index in [1.165, 1.54) is 20.3 Å². The van der Waals surface area contributed by atoms with Gasteiger partial charge in [-0.3, -0.25) is 0 Å². The summed E-state index contributed by atoms with van der Waals surface area (Å²) in [6.07, 6.45) is 2.03. The number of ether oxygens (including phenoxy) is 2. The molecule has 0 heterocycles. The van der Waals surface area contributed by atoms with Crippen molar-refractivity contribution in [1.29, 1.82) is 0 Å². The number of hydrogen-bond acceptors (Lipinski definition) is 3. The molecule has 0 aliphatic heterocycles. The van der Waals surface area contributed by atoms with Crippen LogP contribution in [-0.2, 0) is 14.3 Å². The molecule has 0 bridgehead atoms. The SMILES string of the molecule is CC/C(=C/C(=O)OC)OC. The molecule has 0 aliphatic carbocycles. The van der Waals surface area contributed by atoms with Crippen LogP contribution in [0.5, 0.6) is 0 Å². The first kappa shape index (κ1) is 9.01. The standard InChI is InChI=1S/C7H12O3/c1-4-6(9-2)5-7(8)10-3/h5H,4H2,1-3H3/b6-5-. The van der Waals surface area contributed by atoms with Gasteiger partial charge < -0.3 is 9.47 Å². The molecule has 0 unspecified atom stereocenters. The number of hydrogen-bond donors (Lipinski definition) is 0. The zero-order chi connectivity index (χ0) is 7.98. The van der Waals surface area contributed by atoms with Crippen molar-refractivity contribution in [2.45, 2.75) is 13.3 Å². The minimum atomic E-state index is -0.376. The summed E-state index contributed by atoms with van der Waals surface area (Å²) in [4.78, 5) is 10.6.